The van der Waals surface area contributed by atoms with Crippen LogP contribution in [0.3, 0.4) is 0 Å². The second kappa shape index (κ2) is 9.33. The van der Waals surface area contributed by atoms with E-state index in [0.717, 1.165) is 28.3 Å². The van der Waals surface area contributed by atoms with Crippen LogP contribution in [0.25, 0.3) is 22.2 Å². The maximum absolute atomic E-state index is 13.4. The molecular formula is C25H27BrN6O3. The lowest BCUT2D eigenvalue weighted by atomic mass is 10.1. The number of aromatic nitrogens is 5. The number of hydrogen-bond donors (Lipinski definition) is 1. The molecule has 2 bridgehead atoms. The van der Waals surface area contributed by atoms with E-state index < -0.39 is 0 Å². The summed E-state index contributed by atoms with van der Waals surface area (Å²) in [6.07, 6.45) is 4.93. The van der Waals surface area contributed by atoms with E-state index >= 15 is 0 Å². The monoisotopic (exact) mass is 538 g/mol. The Morgan fingerprint density at radius 3 is 2.86 bits per heavy atom. The number of benzene rings is 1. The van der Waals surface area contributed by atoms with Crippen LogP contribution in [0.2, 0.25) is 0 Å². The molecule has 1 amide bonds. The van der Waals surface area contributed by atoms with Crippen LogP contribution in [0.4, 0.5) is 5.95 Å². The van der Waals surface area contributed by atoms with Gasteiger partial charge in [0.15, 0.2) is 0 Å². The second-order valence-electron chi connectivity index (χ2n) is 8.97. The van der Waals surface area contributed by atoms with Crippen molar-refractivity contribution in [3.05, 3.63) is 57.0 Å². The standard InChI is InChI=1S/C25H27BrN6O3/c1-4-32-24-19(12-27-32)18-10-16(14-30(3)23(18)34)22(33)29-25-28-20-8-7-17(26)11-21(20)31(25)13-15(2)6-5-9-35-24/h7-8,10-12,14-15H,4-6,9,13H2,1-3H3,(H,28,29,33)/t15-/m1/s1. The van der Waals surface area contributed by atoms with E-state index in [2.05, 4.69) is 37.8 Å². The van der Waals surface area contributed by atoms with Crippen molar-refractivity contribution in [2.75, 3.05) is 11.9 Å². The minimum absolute atomic E-state index is 0.225. The first-order valence-electron chi connectivity index (χ1n) is 11.7. The number of amides is 1. The number of nitrogens with one attached hydrogen (secondary N) is 1. The van der Waals surface area contributed by atoms with Crippen molar-refractivity contribution in [2.24, 2.45) is 13.0 Å². The Labute approximate surface area is 210 Å². The molecule has 4 heterocycles. The van der Waals surface area contributed by atoms with Crippen LogP contribution in [-0.2, 0) is 20.1 Å². The van der Waals surface area contributed by atoms with Crippen molar-refractivity contribution >= 4 is 38.8 Å². The first-order valence-corrected chi connectivity index (χ1v) is 12.5. The molecule has 0 saturated heterocycles. The number of ether oxygens (including phenoxy) is 1. The van der Waals surface area contributed by atoms with Crippen molar-refractivity contribution < 1.29 is 9.53 Å². The quantitative estimate of drug-likeness (QED) is 0.386. The molecular weight excluding hydrogens is 512 g/mol. The van der Waals surface area contributed by atoms with E-state index in [1.165, 1.54) is 10.8 Å². The van der Waals surface area contributed by atoms with Gasteiger partial charge in [-0.2, -0.15) is 5.10 Å². The van der Waals surface area contributed by atoms with Gasteiger partial charge < -0.3 is 13.9 Å². The summed E-state index contributed by atoms with van der Waals surface area (Å²) in [7, 11) is 1.63. The molecule has 1 aromatic carbocycles. The van der Waals surface area contributed by atoms with Gasteiger partial charge in [0.1, 0.15) is 0 Å². The van der Waals surface area contributed by atoms with Crippen LogP contribution in [0, 0.1) is 5.92 Å². The van der Waals surface area contributed by atoms with Gasteiger partial charge in [-0.1, -0.05) is 22.9 Å². The molecule has 0 radical (unpaired) electrons. The Hall–Kier alpha value is -3.40. The summed E-state index contributed by atoms with van der Waals surface area (Å²) in [5.41, 5.74) is 2.83. The molecule has 0 fully saturated rings. The molecule has 1 aliphatic heterocycles. The SMILES string of the molecule is CCn1ncc2c1OCCC[C@@H](C)Cn1c(nc3ccc(Br)cc31)NC(=O)c1cc-2c(=O)n(C)c1. The van der Waals surface area contributed by atoms with Gasteiger partial charge in [-0.25, -0.2) is 9.67 Å². The summed E-state index contributed by atoms with van der Waals surface area (Å²) in [5, 5.41) is 7.39. The first-order chi connectivity index (χ1) is 16.9. The van der Waals surface area contributed by atoms with Crippen LogP contribution >= 0.6 is 15.9 Å². The van der Waals surface area contributed by atoms with Crippen molar-refractivity contribution in [3.63, 3.8) is 0 Å². The average Bonchev–Trinajstić information content (AvgIpc) is 3.38. The normalized spacial score (nSPS) is 16.6. The number of rotatable bonds is 1. The lowest BCUT2D eigenvalue weighted by molar-refractivity contribution is 0.102. The highest BCUT2D eigenvalue weighted by molar-refractivity contribution is 9.10. The number of carbonyl (C=O) groups is 1. The molecule has 3 aromatic heterocycles. The third-order valence-corrected chi connectivity index (χ3v) is 6.83. The number of fused-ring (bicyclic) bond motifs is 7. The van der Waals surface area contributed by atoms with Crippen LogP contribution < -0.4 is 15.6 Å². The van der Waals surface area contributed by atoms with Crippen LogP contribution in [0.1, 0.15) is 37.0 Å². The van der Waals surface area contributed by atoms with Gasteiger partial charge in [0.05, 0.1) is 40.5 Å². The number of nitrogens with zero attached hydrogens (tertiary/aromatic N) is 5. The van der Waals surface area contributed by atoms with Crippen molar-refractivity contribution in [1.29, 1.82) is 0 Å². The molecule has 0 spiro atoms. The van der Waals surface area contributed by atoms with E-state index in [9.17, 15) is 9.59 Å². The summed E-state index contributed by atoms with van der Waals surface area (Å²) in [6.45, 7) is 5.96. The minimum atomic E-state index is -0.342. The summed E-state index contributed by atoms with van der Waals surface area (Å²) in [5.74, 6) is 1.01. The number of aryl methyl sites for hydroxylation is 2. The zero-order valence-corrected chi connectivity index (χ0v) is 21.5. The highest BCUT2D eigenvalue weighted by Crippen LogP contribution is 2.30. The predicted octanol–water partition coefficient (Wildman–Crippen LogP) is 4.44. The first kappa shape index (κ1) is 23.3. The van der Waals surface area contributed by atoms with Gasteiger partial charge in [0, 0.05) is 30.8 Å². The average molecular weight is 539 g/mol. The third kappa shape index (κ3) is 4.38. The highest BCUT2D eigenvalue weighted by atomic mass is 79.9. The number of imidazole rings is 1. The maximum atomic E-state index is 13.4. The number of halogens is 1. The summed E-state index contributed by atoms with van der Waals surface area (Å²) >= 11 is 3.55. The number of hydrogen-bond acceptors (Lipinski definition) is 5. The topological polar surface area (TPSA) is 96.0 Å². The fourth-order valence-electron chi connectivity index (χ4n) is 4.52. The fourth-order valence-corrected chi connectivity index (χ4v) is 4.87. The summed E-state index contributed by atoms with van der Waals surface area (Å²) < 4.78 is 12.3. The molecule has 0 unspecified atom stereocenters. The lowest BCUT2D eigenvalue weighted by Crippen LogP contribution is -2.23. The third-order valence-electron chi connectivity index (χ3n) is 6.34. The smallest absolute Gasteiger partial charge is 0.259 e. The number of anilines is 1. The van der Waals surface area contributed by atoms with Crippen LogP contribution in [-0.4, -0.2) is 36.4 Å². The van der Waals surface area contributed by atoms with Gasteiger partial charge in [-0.3, -0.25) is 14.9 Å². The predicted molar refractivity (Wildman–Crippen MR) is 138 cm³/mol. The molecule has 0 aliphatic carbocycles. The van der Waals surface area contributed by atoms with Gasteiger partial charge in [-0.05, 0) is 49.9 Å². The van der Waals surface area contributed by atoms with Gasteiger partial charge in [-0.15, -0.1) is 0 Å². The molecule has 9 nitrogen and oxygen atoms in total. The molecule has 0 saturated carbocycles. The Balaban J connectivity index is 1.65. The van der Waals surface area contributed by atoms with E-state index in [-0.39, 0.29) is 11.5 Å². The highest BCUT2D eigenvalue weighted by Gasteiger charge is 2.22. The van der Waals surface area contributed by atoms with E-state index in [1.54, 1.807) is 24.0 Å². The Morgan fingerprint density at radius 2 is 2.06 bits per heavy atom. The maximum Gasteiger partial charge on any atom is 0.259 e. The fraction of sp³-hybridized carbons (Fsp3) is 0.360. The molecule has 182 valence electrons. The molecule has 1 aliphatic rings. The van der Waals surface area contributed by atoms with Crippen LogP contribution in [0.5, 0.6) is 5.88 Å². The summed E-state index contributed by atoms with van der Waals surface area (Å²) in [6, 6.07) is 7.48. The van der Waals surface area contributed by atoms with E-state index in [0.29, 0.717) is 54.1 Å². The second-order valence-corrected chi connectivity index (χ2v) is 9.88. The lowest BCUT2D eigenvalue weighted by Gasteiger charge is -2.16. The van der Waals surface area contributed by atoms with E-state index in [1.807, 2.05) is 25.1 Å². The zero-order valence-electron chi connectivity index (χ0n) is 19.9. The number of carbonyl (C=O) groups excluding carboxylic acids is 1. The Kier molecular flexibility index (Phi) is 6.22. The zero-order chi connectivity index (χ0) is 24.7. The molecule has 35 heavy (non-hydrogen) atoms. The van der Waals surface area contributed by atoms with Gasteiger partial charge in [0.2, 0.25) is 11.8 Å². The van der Waals surface area contributed by atoms with Crippen molar-refractivity contribution in [3.8, 4) is 17.0 Å². The number of pyridine rings is 1. The van der Waals surface area contributed by atoms with Crippen LogP contribution in [0.15, 0.2) is 45.9 Å². The van der Waals surface area contributed by atoms with Gasteiger partial charge in [0.25, 0.3) is 11.5 Å². The van der Waals surface area contributed by atoms with Gasteiger partial charge >= 0.3 is 0 Å². The minimum Gasteiger partial charge on any atom is -0.477 e. The largest absolute Gasteiger partial charge is 0.477 e. The van der Waals surface area contributed by atoms with Crippen molar-refractivity contribution in [1.82, 2.24) is 23.9 Å². The molecule has 1 N–H and O–H groups in total. The Morgan fingerprint density at radius 1 is 1.23 bits per heavy atom. The molecule has 4 aromatic rings. The molecule has 1 atom stereocenters. The molecule has 5 rings (SSSR count). The summed E-state index contributed by atoms with van der Waals surface area (Å²) in [4.78, 5) is 31.2. The van der Waals surface area contributed by atoms with Crippen molar-refractivity contribution in [2.45, 2.75) is 39.8 Å². The molecule has 10 heteroatoms. The van der Waals surface area contributed by atoms with E-state index in [4.69, 9.17) is 9.72 Å². The Bertz CT molecular complexity index is 1480.